The molecule has 106 valence electrons. The monoisotopic (exact) mass is 269 g/mol. The number of esters is 1. The summed E-state index contributed by atoms with van der Waals surface area (Å²) < 4.78 is 23.8. The van der Waals surface area contributed by atoms with Crippen molar-refractivity contribution >= 4 is 5.97 Å². The van der Waals surface area contributed by atoms with E-state index in [4.69, 9.17) is 4.74 Å². The number of hydrogen-bond acceptors (Lipinski definition) is 4. The highest BCUT2D eigenvalue weighted by molar-refractivity contribution is 5.74. The predicted octanol–water partition coefficient (Wildman–Crippen LogP) is 2.44. The molecule has 0 aliphatic rings. The van der Waals surface area contributed by atoms with Gasteiger partial charge in [0.1, 0.15) is 11.6 Å². The summed E-state index contributed by atoms with van der Waals surface area (Å²) in [6.07, 6.45) is -0.763. The van der Waals surface area contributed by atoms with Gasteiger partial charge in [-0.3, -0.25) is 0 Å². The first-order valence-corrected chi connectivity index (χ1v) is 6.26. The van der Waals surface area contributed by atoms with Crippen molar-refractivity contribution in [3.05, 3.63) is 29.6 Å². The van der Waals surface area contributed by atoms with Gasteiger partial charge in [0.15, 0.2) is 6.10 Å². The molecular weight excluding hydrogens is 249 g/mol. The number of methoxy groups -OCH3 is 1. The van der Waals surface area contributed by atoms with Gasteiger partial charge in [-0.1, -0.05) is 13.0 Å². The van der Waals surface area contributed by atoms with Crippen molar-refractivity contribution in [2.75, 3.05) is 13.7 Å². The van der Waals surface area contributed by atoms with Crippen LogP contribution in [0.15, 0.2) is 18.2 Å². The zero-order valence-electron chi connectivity index (χ0n) is 11.7. The average molecular weight is 269 g/mol. The third-order valence-electron chi connectivity index (χ3n) is 2.79. The molecule has 1 N–H and O–H groups in total. The quantitative estimate of drug-likeness (QED) is 0.806. The van der Waals surface area contributed by atoms with E-state index in [1.165, 1.54) is 13.2 Å². The van der Waals surface area contributed by atoms with E-state index in [2.05, 4.69) is 10.1 Å². The fourth-order valence-electron chi connectivity index (χ4n) is 1.77. The van der Waals surface area contributed by atoms with Crippen molar-refractivity contribution in [1.82, 2.24) is 5.32 Å². The summed E-state index contributed by atoms with van der Waals surface area (Å²) in [6.45, 7) is 6.17. The molecule has 19 heavy (non-hydrogen) atoms. The van der Waals surface area contributed by atoms with Crippen LogP contribution in [0.3, 0.4) is 0 Å². The average Bonchev–Trinajstić information content (AvgIpc) is 2.38. The summed E-state index contributed by atoms with van der Waals surface area (Å²) in [4.78, 5) is 11.2. The van der Waals surface area contributed by atoms with Crippen LogP contribution in [0.25, 0.3) is 0 Å². The van der Waals surface area contributed by atoms with E-state index in [0.717, 1.165) is 6.54 Å². The van der Waals surface area contributed by atoms with Crippen LogP contribution >= 0.6 is 0 Å². The van der Waals surface area contributed by atoms with Gasteiger partial charge in [0.25, 0.3) is 0 Å². The lowest BCUT2D eigenvalue weighted by Crippen LogP contribution is -2.25. The van der Waals surface area contributed by atoms with Crippen molar-refractivity contribution in [2.24, 2.45) is 0 Å². The Kier molecular flexibility index (Phi) is 5.76. The number of benzene rings is 1. The Labute approximate surface area is 112 Å². The van der Waals surface area contributed by atoms with Crippen LogP contribution in [0, 0.1) is 5.82 Å². The Bertz CT molecular complexity index is 437. The molecule has 1 aromatic carbocycles. The molecule has 0 aromatic heterocycles. The van der Waals surface area contributed by atoms with Crippen LogP contribution < -0.4 is 10.1 Å². The van der Waals surface area contributed by atoms with Gasteiger partial charge in [0.2, 0.25) is 0 Å². The second kappa shape index (κ2) is 7.09. The van der Waals surface area contributed by atoms with E-state index in [1.54, 1.807) is 19.1 Å². The lowest BCUT2D eigenvalue weighted by molar-refractivity contribution is -0.147. The Hall–Kier alpha value is -1.62. The van der Waals surface area contributed by atoms with Gasteiger partial charge >= 0.3 is 5.97 Å². The van der Waals surface area contributed by atoms with Gasteiger partial charge in [0, 0.05) is 17.7 Å². The number of halogens is 1. The Morgan fingerprint density at radius 2 is 2.11 bits per heavy atom. The Balaban J connectivity index is 2.79. The van der Waals surface area contributed by atoms with Crippen LogP contribution in [0.4, 0.5) is 4.39 Å². The first-order chi connectivity index (χ1) is 8.99. The number of hydrogen-bond donors (Lipinski definition) is 1. The van der Waals surface area contributed by atoms with E-state index >= 15 is 0 Å². The van der Waals surface area contributed by atoms with E-state index in [0.29, 0.717) is 11.3 Å². The van der Waals surface area contributed by atoms with E-state index in [9.17, 15) is 9.18 Å². The molecule has 4 nitrogen and oxygen atoms in total. The summed E-state index contributed by atoms with van der Waals surface area (Å²) in [6, 6.07) is 4.51. The summed E-state index contributed by atoms with van der Waals surface area (Å²) >= 11 is 0. The maximum atomic E-state index is 13.9. The molecule has 0 spiro atoms. The van der Waals surface area contributed by atoms with E-state index < -0.39 is 12.1 Å². The normalized spacial score (nSPS) is 13.7. The molecule has 0 aliphatic carbocycles. The maximum Gasteiger partial charge on any atom is 0.346 e. The lowest BCUT2D eigenvalue weighted by Gasteiger charge is -2.16. The highest BCUT2D eigenvalue weighted by Gasteiger charge is 2.16. The SMILES string of the molecule is CCNC(C)c1ccc(OC(C)C(=O)OC)cc1F. The van der Waals surface area contributed by atoms with E-state index in [1.807, 2.05) is 13.8 Å². The number of carbonyl (C=O) groups is 1. The molecule has 0 saturated carbocycles. The van der Waals surface area contributed by atoms with Crippen molar-refractivity contribution in [3.8, 4) is 5.75 Å². The third-order valence-corrected chi connectivity index (χ3v) is 2.79. The smallest absolute Gasteiger partial charge is 0.346 e. The number of rotatable bonds is 6. The summed E-state index contributed by atoms with van der Waals surface area (Å²) in [5.41, 5.74) is 0.569. The molecule has 0 bridgehead atoms. The maximum absolute atomic E-state index is 13.9. The standard InChI is InChI=1S/C14H20FNO3/c1-5-16-9(2)12-7-6-11(8-13(12)15)19-10(3)14(17)18-4/h6-10,16H,5H2,1-4H3. The largest absolute Gasteiger partial charge is 0.479 e. The molecule has 1 aromatic rings. The lowest BCUT2D eigenvalue weighted by atomic mass is 10.1. The van der Waals surface area contributed by atoms with Gasteiger partial charge in [0.05, 0.1) is 7.11 Å². The van der Waals surface area contributed by atoms with Crippen molar-refractivity contribution in [1.29, 1.82) is 0 Å². The van der Waals surface area contributed by atoms with Gasteiger partial charge in [-0.05, 0) is 26.5 Å². The van der Waals surface area contributed by atoms with Crippen LogP contribution in [0.2, 0.25) is 0 Å². The molecule has 0 saturated heterocycles. The van der Waals surface area contributed by atoms with Gasteiger partial charge in [-0.15, -0.1) is 0 Å². The summed E-state index contributed by atoms with van der Waals surface area (Å²) in [5, 5.41) is 3.14. The van der Waals surface area contributed by atoms with Gasteiger partial charge in [-0.25, -0.2) is 9.18 Å². The minimum atomic E-state index is -0.763. The Morgan fingerprint density at radius 3 is 2.63 bits per heavy atom. The molecule has 0 fully saturated rings. The molecule has 0 radical (unpaired) electrons. The fraction of sp³-hybridized carbons (Fsp3) is 0.500. The molecule has 2 atom stereocenters. The third kappa shape index (κ3) is 4.21. The zero-order valence-corrected chi connectivity index (χ0v) is 11.7. The molecule has 0 amide bonds. The fourth-order valence-corrected chi connectivity index (χ4v) is 1.77. The molecular formula is C14H20FNO3. The predicted molar refractivity (Wildman–Crippen MR) is 70.6 cm³/mol. The highest BCUT2D eigenvalue weighted by atomic mass is 19.1. The van der Waals surface area contributed by atoms with Crippen molar-refractivity contribution < 1.29 is 18.7 Å². The van der Waals surface area contributed by atoms with Crippen molar-refractivity contribution in [2.45, 2.75) is 32.9 Å². The van der Waals surface area contributed by atoms with Crippen molar-refractivity contribution in [3.63, 3.8) is 0 Å². The topological polar surface area (TPSA) is 47.6 Å². The van der Waals surface area contributed by atoms with Crippen LogP contribution in [0.1, 0.15) is 32.4 Å². The molecule has 1 rings (SSSR count). The van der Waals surface area contributed by atoms with E-state index in [-0.39, 0.29) is 11.9 Å². The molecule has 0 aliphatic heterocycles. The first kappa shape index (κ1) is 15.4. The second-order valence-corrected chi connectivity index (χ2v) is 4.25. The second-order valence-electron chi connectivity index (χ2n) is 4.25. The molecule has 0 heterocycles. The minimum absolute atomic E-state index is 0.0721. The Morgan fingerprint density at radius 1 is 1.42 bits per heavy atom. The van der Waals surface area contributed by atoms with Gasteiger partial charge in [-0.2, -0.15) is 0 Å². The van der Waals surface area contributed by atoms with Crippen LogP contribution in [-0.4, -0.2) is 25.7 Å². The first-order valence-electron chi connectivity index (χ1n) is 6.26. The molecule has 5 heteroatoms. The number of carbonyl (C=O) groups excluding carboxylic acids is 1. The summed E-state index contributed by atoms with van der Waals surface area (Å²) in [7, 11) is 1.28. The van der Waals surface area contributed by atoms with Gasteiger partial charge < -0.3 is 14.8 Å². The highest BCUT2D eigenvalue weighted by Crippen LogP contribution is 2.22. The molecule has 2 unspecified atom stereocenters. The minimum Gasteiger partial charge on any atom is -0.479 e. The number of nitrogens with one attached hydrogen (secondary N) is 1. The van der Waals surface area contributed by atoms with Crippen LogP contribution in [-0.2, 0) is 9.53 Å². The number of ether oxygens (including phenoxy) is 2. The summed E-state index contributed by atoms with van der Waals surface area (Å²) in [5.74, 6) is -0.545. The van der Waals surface area contributed by atoms with Crippen LogP contribution in [0.5, 0.6) is 5.75 Å². The zero-order chi connectivity index (χ0) is 14.4.